The maximum absolute atomic E-state index is 12.6. The van der Waals surface area contributed by atoms with Gasteiger partial charge in [-0.1, -0.05) is 12.8 Å². The molecule has 0 aromatic heterocycles. The second kappa shape index (κ2) is 5.85. The highest BCUT2D eigenvalue weighted by Gasteiger charge is 2.40. The van der Waals surface area contributed by atoms with Crippen LogP contribution in [0.2, 0.25) is 0 Å². The van der Waals surface area contributed by atoms with Crippen molar-refractivity contribution in [1.82, 2.24) is 10.2 Å². The lowest BCUT2D eigenvalue weighted by Gasteiger charge is -2.33. The summed E-state index contributed by atoms with van der Waals surface area (Å²) in [5.41, 5.74) is -0.506. The van der Waals surface area contributed by atoms with Crippen molar-refractivity contribution in [3.63, 3.8) is 0 Å². The van der Waals surface area contributed by atoms with E-state index in [1.807, 2.05) is 4.90 Å². The fraction of sp³-hybridized carbons (Fsp3) is 0.875. The standard InChI is InChI=1S/C16H26N2O3/c19-14(20)9-16(7-1-2-8-16)17-15(21)18(10-12-3-4-12)11-13-5-6-13/h12-13H,1-11H2,(H,17,21)(H,19,20). The Morgan fingerprint density at radius 1 is 1.05 bits per heavy atom. The third-order valence-corrected chi connectivity index (χ3v) is 5.06. The van der Waals surface area contributed by atoms with Crippen LogP contribution in [0.5, 0.6) is 0 Å². The normalized spacial score (nSPS) is 23.8. The molecular formula is C16H26N2O3. The predicted octanol–water partition coefficient (Wildman–Crippen LogP) is 2.61. The molecule has 5 heteroatoms. The molecule has 2 N–H and O–H groups in total. The zero-order valence-electron chi connectivity index (χ0n) is 12.6. The molecule has 0 spiro atoms. The van der Waals surface area contributed by atoms with Crippen LogP contribution in [0.3, 0.4) is 0 Å². The fourth-order valence-electron chi connectivity index (χ4n) is 3.46. The molecule has 0 saturated heterocycles. The van der Waals surface area contributed by atoms with E-state index in [4.69, 9.17) is 5.11 Å². The summed E-state index contributed by atoms with van der Waals surface area (Å²) in [6.45, 7) is 1.71. The second-order valence-corrected chi connectivity index (χ2v) is 7.28. The molecule has 2 amide bonds. The zero-order valence-corrected chi connectivity index (χ0v) is 12.6. The molecule has 3 fully saturated rings. The highest BCUT2D eigenvalue weighted by atomic mass is 16.4. The van der Waals surface area contributed by atoms with Crippen molar-refractivity contribution in [2.45, 2.75) is 63.3 Å². The summed E-state index contributed by atoms with van der Waals surface area (Å²) in [5, 5.41) is 12.2. The first-order valence-corrected chi connectivity index (χ1v) is 8.35. The van der Waals surface area contributed by atoms with Gasteiger partial charge in [0.25, 0.3) is 0 Å². The van der Waals surface area contributed by atoms with Gasteiger partial charge in [0, 0.05) is 13.1 Å². The van der Waals surface area contributed by atoms with Crippen LogP contribution in [0.25, 0.3) is 0 Å². The summed E-state index contributed by atoms with van der Waals surface area (Å²) < 4.78 is 0. The number of nitrogens with one attached hydrogen (secondary N) is 1. The number of aliphatic carboxylic acids is 1. The number of carboxylic acid groups (broad SMARTS) is 1. The van der Waals surface area contributed by atoms with E-state index < -0.39 is 11.5 Å². The molecule has 21 heavy (non-hydrogen) atoms. The average molecular weight is 294 g/mol. The fourth-order valence-corrected chi connectivity index (χ4v) is 3.46. The number of hydrogen-bond acceptors (Lipinski definition) is 2. The topological polar surface area (TPSA) is 69.6 Å². The Balaban J connectivity index is 1.61. The molecule has 0 radical (unpaired) electrons. The maximum Gasteiger partial charge on any atom is 0.317 e. The quantitative estimate of drug-likeness (QED) is 0.758. The third-order valence-electron chi connectivity index (χ3n) is 5.06. The minimum atomic E-state index is -0.812. The molecule has 0 heterocycles. The van der Waals surface area contributed by atoms with Crippen LogP contribution >= 0.6 is 0 Å². The van der Waals surface area contributed by atoms with E-state index in [1.54, 1.807) is 0 Å². The zero-order chi connectivity index (χ0) is 14.9. The number of carbonyl (C=O) groups is 2. The van der Waals surface area contributed by atoms with Gasteiger partial charge >= 0.3 is 12.0 Å². The Kier molecular flexibility index (Phi) is 4.09. The van der Waals surface area contributed by atoms with Gasteiger partial charge in [-0.15, -0.1) is 0 Å². The molecule has 118 valence electrons. The van der Waals surface area contributed by atoms with Gasteiger partial charge in [-0.2, -0.15) is 0 Å². The van der Waals surface area contributed by atoms with Crippen molar-refractivity contribution in [2.75, 3.05) is 13.1 Å². The monoisotopic (exact) mass is 294 g/mol. The number of carbonyl (C=O) groups excluding carboxylic acids is 1. The Morgan fingerprint density at radius 2 is 1.57 bits per heavy atom. The van der Waals surface area contributed by atoms with E-state index >= 15 is 0 Å². The van der Waals surface area contributed by atoms with E-state index in [0.717, 1.165) is 38.8 Å². The summed E-state index contributed by atoms with van der Waals surface area (Å²) in [6, 6.07) is -0.0306. The summed E-state index contributed by atoms with van der Waals surface area (Å²) in [4.78, 5) is 25.7. The first-order chi connectivity index (χ1) is 10.1. The van der Waals surface area contributed by atoms with Crippen LogP contribution in [0.15, 0.2) is 0 Å². The van der Waals surface area contributed by atoms with Gasteiger partial charge in [0.1, 0.15) is 0 Å². The van der Waals surface area contributed by atoms with E-state index in [2.05, 4.69) is 5.32 Å². The molecule has 5 nitrogen and oxygen atoms in total. The van der Waals surface area contributed by atoms with Crippen LogP contribution < -0.4 is 5.32 Å². The van der Waals surface area contributed by atoms with Gasteiger partial charge in [0.05, 0.1) is 12.0 Å². The Labute approximate surface area is 126 Å². The summed E-state index contributed by atoms with van der Waals surface area (Å²) in [7, 11) is 0. The number of amides is 2. The van der Waals surface area contributed by atoms with Crippen LogP contribution in [-0.4, -0.2) is 40.6 Å². The molecule has 0 bridgehead atoms. The van der Waals surface area contributed by atoms with Crippen molar-refractivity contribution >= 4 is 12.0 Å². The first kappa shape index (κ1) is 14.7. The smallest absolute Gasteiger partial charge is 0.317 e. The Bertz CT molecular complexity index is 396. The van der Waals surface area contributed by atoms with Crippen molar-refractivity contribution in [1.29, 1.82) is 0 Å². The minimum Gasteiger partial charge on any atom is -0.481 e. The van der Waals surface area contributed by atoms with E-state index in [-0.39, 0.29) is 12.5 Å². The SMILES string of the molecule is O=C(O)CC1(NC(=O)N(CC2CC2)CC2CC2)CCCC1. The van der Waals surface area contributed by atoms with E-state index in [1.165, 1.54) is 25.7 Å². The van der Waals surface area contributed by atoms with Crippen LogP contribution in [-0.2, 0) is 4.79 Å². The van der Waals surface area contributed by atoms with Crippen LogP contribution in [0.1, 0.15) is 57.8 Å². The lowest BCUT2D eigenvalue weighted by Crippen LogP contribution is -2.53. The van der Waals surface area contributed by atoms with Gasteiger partial charge in [-0.3, -0.25) is 4.79 Å². The molecule has 3 aliphatic rings. The molecule has 3 aliphatic carbocycles. The van der Waals surface area contributed by atoms with Gasteiger partial charge in [-0.25, -0.2) is 4.79 Å². The molecule has 0 unspecified atom stereocenters. The lowest BCUT2D eigenvalue weighted by atomic mass is 9.93. The van der Waals surface area contributed by atoms with E-state index in [0.29, 0.717) is 11.8 Å². The number of nitrogens with zero attached hydrogens (tertiary/aromatic N) is 1. The highest BCUT2D eigenvalue weighted by molar-refractivity contribution is 5.77. The highest BCUT2D eigenvalue weighted by Crippen LogP contribution is 2.35. The summed E-state index contributed by atoms with van der Waals surface area (Å²) in [5.74, 6) is 0.537. The van der Waals surface area contributed by atoms with Crippen molar-refractivity contribution in [3.8, 4) is 0 Å². The first-order valence-electron chi connectivity index (χ1n) is 8.35. The van der Waals surface area contributed by atoms with Crippen molar-refractivity contribution in [2.24, 2.45) is 11.8 Å². The maximum atomic E-state index is 12.6. The van der Waals surface area contributed by atoms with Crippen molar-refractivity contribution < 1.29 is 14.7 Å². The number of rotatable bonds is 7. The second-order valence-electron chi connectivity index (χ2n) is 7.28. The van der Waals surface area contributed by atoms with Crippen molar-refractivity contribution in [3.05, 3.63) is 0 Å². The molecule has 3 rings (SSSR count). The van der Waals surface area contributed by atoms with Gasteiger partial charge in [0.15, 0.2) is 0 Å². The van der Waals surface area contributed by atoms with Crippen LogP contribution in [0, 0.1) is 11.8 Å². The molecule has 0 aliphatic heterocycles. The molecule has 3 saturated carbocycles. The molecule has 0 aromatic rings. The molecule has 0 aromatic carbocycles. The Morgan fingerprint density at radius 3 is 2.00 bits per heavy atom. The summed E-state index contributed by atoms with van der Waals surface area (Å²) >= 11 is 0. The molecular weight excluding hydrogens is 268 g/mol. The van der Waals surface area contributed by atoms with Crippen LogP contribution in [0.4, 0.5) is 4.79 Å². The Hall–Kier alpha value is -1.26. The third kappa shape index (κ3) is 4.11. The largest absolute Gasteiger partial charge is 0.481 e. The number of carboxylic acids is 1. The van der Waals surface area contributed by atoms with Gasteiger partial charge in [0.2, 0.25) is 0 Å². The average Bonchev–Trinajstić information content (AvgIpc) is 3.32. The molecule has 0 atom stereocenters. The number of hydrogen-bond donors (Lipinski definition) is 2. The van der Waals surface area contributed by atoms with E-state index in [9.17, 15) is 9.59 Å². The van der Waals surface area contributed by atoms with Gasteiger partial charge in [-0.05, 0) is 50.4 Å². The predicted molar refractivity (Wildman–Crippen MR) is 79.0 cm³/mol. The van der Waals surface area contributed by atoms with Gasteiger partial charge < -0.3 is 15.3 Å². The summed E-state index contributed by atoms with van der Waals surface area (Å²) in [6.07, 6.45) is 8.60. The number of urea groups is 1. The lowest BCUT2D eigenvalue weighted by molar-refractivity contribution is -0.138. The minimum absolute atomic E-state index is 0.0306.